The lowest BCUT2D eigenvalue weighted by Crippen LogP contribution is -2.62. The number of ether oxygens (including phenoxy) is 1. The van der Waals surface area contributed by atoms with Crippen LogP contribution in [0.15, 0.2) is 52.1 Å². The van der Waals surface area contributed by atoms with Gasteiger partial charge in [-0.3, -0.25) is 14.4 Å². The third kappa shape index (κ3) is 6.02. The van der Waals surface area contributed by atoms with E-state index in [1.165, 1.54) is 11.8 Å². The highest BCUT2D eigenvalue weighted by Crippen LogP contribution is 2.57. The summed E-state index contributed by atoms with van der Waals surface area (Å²) in [6, 6.07) is 7.70. The van der Waals surface area contributed by atoms with E-state index in [2.05, 4.69) is 9.88 Å². The zero-order chi connectivity index (χ0) is 37.5. The molecule has 3 amide bonds. The molecule has 0 N–H and O–H groups in total. The summed E-state index contributed by atoms with van der Waals surface area (Å²) in [4.78, 5) is 57.5. The standard InChI is InChI=1S/C36H39Cl2F3N6O4S/c1-19(2)27-28(31(49)46-20(3)6-10-24(46)30(48)44-14-15-45(32(50)36(39,40)41)35(18-44)12-13-35)52-33-43-34(4,22-8-11-26(38)42-17-22)29(47(27)33)21-7-9-23(37)25(16-21)51-5/h7-9,11,16-17,19-20,24,29H,6,10,12-15,18H2,1-5H3/t20-,24-,29-,34+/m1/s1. The minimum absolute atomic E-state index is 0.0181. The van der Waals surface area contributed by atoms with Gasteiger partial charge in [-0.25, -0.2) is 9.98 Å². The summed E-state index contributed by atoms with van der Waals surface area (Å²) in [6.45, 7) is 7.74. The van der Waals surface area contributed by atoms with Gasteiger partial charge in [0.15, 0.2) is 5.17 Å². The highest BCUT2D eigenvalue weighted by Gasteiger charge is 2.60. The zero-order valence-corrected chi connectivity index (χ0v) is 31.7. The predicted molar refractivity (Wildman–Crippen MR) is 192 cm³/mol. The van der Waals surface area contributed by atoms with Gasteiger partial charge in [0, 0.05) is 43.1 Å². The number of aliphatic imine (C=N–C) groups is 1. The van der Waals surface area contributed by atoms with Gasteiger partial charge in [0.1, 0.15) is 27.4 Å². The number of likely N-dealkylation sites (tertiary alicyclic amines) is 1. The van der Waals surface area contributed by atoms with Crippen molar-refractivity contribution in [2.24, 2.45) is 10.9 Å². The summed E-state index contributed by atoms with van der Waals surface area (Å²) < 4.78 is 45.7. The van der Waals surface area contributed by atoms with Gasteiger partial charge in [-0.1, -0.05) is 49.2 Å². The molecule has 1 spiro atoms. The van der Waals surface area contributed by atoms with Crippen LogP contribution in [0.2, 0.25) is 10.2 Å². The van der Waals surface area contributed by atoms with E-state index < -0.39 is 35.2 Å². The Balaban J connectivity index is 1.22. The van der Waals surface area contributed by atoms with Crippen molar-refractivity contribution in [3.8, 4) is 5.75 Å². The third-order valence-corrected chi connectivity index (χ3v) is 12.6. The Bertz CT molecular complexity index is 1890. The molecule has 2 aromatic rings. The number of allylic oxidation sites excluding steroid dienone is 1. The van der Waals surface area contributed by atoms with Gasteiger partial charge in [-0.05, 0) is 81.0 Å². The fourth-order valence-electron chi connectivity index (χ4n) is 8.26. The van der Waals surface area contributed by atoms with Gasteiger partial charge in [-0.2, -0.15) is 13.2 Å². The van der Waals surface area contributed by atoms with Crippen molar-refractivity contribution >= 4 is 57.9 Å². The highest BCUT2D eigenvalue weighted by atomic mass is 35.5. The van der Waals surface area contributed by atoms with E-state index in [4.69, 9.17) is 32.9 Å². The average molecular weight is 780 g/mol. The number of carbonyl (C=O) groups excluding carboxylic acids is 3. The molecule has 5 heterocycles. The van der Waals surface area contributed by atoms with E-state index in [1.54, 1.807) is 35.2 Å². The summed E-state index contributed by atoms with van der Waals surface area (Å²) in [5.74, 6) is -2.10. The molecule has 16 heteroatoms. The van der Waals surface area contributed by atoms with Gasteiger partial charge >= 0.3 is 12.1 Å². The predicted octanol–water partition coefficient (Wildman–Crippen LogP) is 6.78. The maximum Gasteiger partial charge on any atom is 0.471 e. The number of piperazine rings is 1. The first kappa shape index (κ1) is 36.9. The maximum absolute atomic E-state index is 14.8. The van der Waals surface area contributed by atoms with Crippen molar-refractivity contribution in [3.05, 3.63) is 68.4 Å². The number of hydrogen-bond donors (Lipinski definition) is 0. The molecule has 1 aromatic heterocycles. The van der Waals surface area contributed by atoms with Crippen molar-refractivity contribution < 1.29 is 32.3 Å². The first-order valence-corrected chi connectivity index (χ1v) is 18.8. The number of benzene rings is 1. The topological polar surface area (TPSA) is 98.6 Å². The molecule has 5 aliphatic rings. The van der Waals surface area contributed by atoms with Gasteiger partial charge in [0.05, 0.1) is 23.7 Å². The molecule has 2 saturated heterocycles. The molecule has 1 aliphatic carbocycles. The Hall–Kier alpha value is -3.49. The van der Waals surface area contributed by atoms with Crippen LogP contribution in [0.1, 0.15) is 70.5 Å². The number of amidine groups is 1. The Morgan fingerprint density at radius 3 is 2.42 bits per heavy atom. The lowest BCUT2D eigenvalue weighted by atomic mass is 9.81. The molecule has 1 aromatic carbocycles. The monoisotopic (exact) mass is 778 g/mol. The fourth-order valence-corrected chi connectivity index (χ4v) is 9.92. The Morgan fingerprint density at radius 1 is 1.08 bits per heavy atom. The molecule has 52 heavy (non-hydrogen) atoms. The summed E-state index contributed by atoms with van der Waals surface area (Å²) >= 11 is 13.9. The summed E-state index contributed by atoms with van der Waals surface area (Å²) in [5, 5.41) is 1.42. The molecule has 4 aliphatic heterocycles. The lowest BCUT2D eigenvalue weighted by Gasteiger charge is -2.43. The molecule has 0 radical (unpaired) electrons. The summed E-state index contributed by atoms with van der Waals surface area (Å²) in [7, 11) is 1.55. The number of rotatable bonds is 6. The second-order valence-corrected chi connectivity index (χ2v) is 16.4. The largest absolute Gasteiger partial charge is 0.495 e. The molecular formula is C36H39Cl2F3N6O4S. The molecule has 7 rings (SSSR count). The van der Waals surface area contributed by atoms with Crippen LogP contribution in [0.25, 0.3) is 0 Å². The van der Waals surface area contributed by atoms with Crippen LogP contribution in [0.3, 0.4) is 0 Å². The van der Waals surface area contributed by atoms with Crippen LogP contribution in [0.5, 0.6) is 5.75 Å². The second-order valence-electron chi connectivity index (χ2n) is 14.6. The molecule has 4 atom stereocenters. The van der Waals surface area contributed by atoms with E-state index in [9.17, 15) is 27.6 Å². The Labute approximate surface area is 314 Å². The lowest BCUT2D eigenvalue weighted by molar-refractivity contribution is -0.191. The molecule has 1 saturated carbocycles. The highest BCUT2D eigenvalue weighted by molar-refractivity contribution is 8.18. The number of carbonyl (C=O) groups is 3. The van der Waals surface area contributed by atoms with E-state index in [-0.39, 0.29) is 43.4 Å². The SMILES string of the molecule is COc1cc([C@H]2N3C(=N[C@@]2(C)c2ccc(Cl)nc2)SC(C(=O)N2[C@H](C)CC[C@@H]2C(=O)N2CCN(C(=O)C(F)(F)F)C4(CC4)C2)=C3C(C)C)ccc1Cl. The molecule has 3 fully saturated rings. The second kappa shape index (κ2) is 13.1. The van der Waals surface area contributed by atoms with Crippen molar-refractivity contribution in [1.29, 1.82) is 0 Å². The zero-order valence-electron chi connectivity index (χ0n) is 29.3. The first-order chi connectivity index (χ1) is 24.5. The first-order valence-electron chi connectivity index (χ1n) is 17.3. The van der Waals surface area contributed by atoms with Gasteiger partial charge in [0.25, 0.3) is 5.91 Å². The number of methoxy groups -OCH3 is 1. The van der Waals surface area contributed by atoms with Crippen LogP contribution in [0.4, 0.5) is 13.2 Å². The number of alkyl halides is 3. The summed E-state index contributed by atoms with van der Waals surface area (Å²) in [5.41, 5.74) is 0.562. The van der Waals surface area contributed by atoms with Crippen LogP contribution >= 0.6 is 35.0 Å². The van der Waals surface area contributed by atoms with Crippen LogP contribution in [0, 0.1) is 5.92 Å². The van der Waals surface area contributed by atoms with E-state index in [1.807, 2.05) is 45.9 Å². The normalized spacial score (nSPS) is 26.8. The van der Waals surface area contributed by atoms with Crippen molar-refractivity contribution in [1.82, 2.24) is 24.6 Å². The quantitative estimate of drug-likeness (QED) is 0.298. The molecule has 0 bridgehead atoms. The van der Waals surface area contributed by atoms with E-state index in [0.29, 0.717) is 51.7 Å². The number of pyridine rings is 1. The summed E-state index contributed by atoms with van der Waals surface area (Å²) in [6.07, 6.45) is -1.46. The van der Waals surface area contributed by atoms with Crippen LogP contribution < -0.4 is 4.74 Å². The van der Waals surface area contributed by atoms with Crippen LogP contribution in [-0.2, 0) is 19.9 Å². The molecule has 0 unspecified atom stereocenters. The molecular weight excluding hydrogens is 740 g/mol. The van der Waals surface area contributed by atoms with Gasteiger partial charge in [0.2, 0.25) is 5.91 Å². The van der Waals surface area contributed by atoms with Crippen molar-refractivity contribution in [2.75, 3.05) is 26.7 Å². The van der Waals surface area contributed by atoms with E-state index >= 15 is 0 Å². The number of halogens is 5. The van der Waals surface area contributed by atoms with Crippen molar-refractivity contribution in [2.45, 2.75) is 88.8 Å². The minimum atomic E-state index is -4.98. The van der Waals surface area contributed by atoms with E-state index in [0.717, 1.165) is 21.7 Å². The van der Waals surface area contributed by atoms with Gasteiger partial charge < -0.3 is 24.3 Å². The van der Waals surface area contributed by atoms with Crippen molar-refractivity contribution in [3.63, 3.8) is 0 Å². The number of nitrogens with zero attached hydrogens (tertiary/aromatic N) is 6. The maximum atomic E-state index is 14.8. The number of hydrogen-bond acceptors (Lipinski definition) is 8. The Kier molecular flexibility index (Phi) is 9.30. The fraction of sp³-hybridized carbons (Fsp3) is 0.528. The Morgan fingerprint density at radius 2 is 1.81 bits per heavy atom. The minimum Gasteiger partial charge on any atom is -0.495 e. The van der Waals surface area contributed by atoms with Crippen LogP contribution in [-0.4, -0.2) is 98.0 Å². The molecule has 10 nitrogen and oxygen atoms in total. The average Bonchev–Trinajstić information content (AvgIpc) is 3.44. The number of fused-ring (bicyclic) bond motifs is 1. The smallest absolute Gasteiger partial charge is 0.471 e. The number of aromatic nitrogens is 1. The molecule has 278 valence electrons. The van der Waals surface area contributed by atoms with Gasteiger partial charge in [-0.15, -0.1) is 0 Å². The third-order valence-electron chi connectivity index (χ3n) is 11.0. The number of thioether (sulfide) groups is 1. The number of amides is 3.